The molecule has 17 heavy (non-hydrogen) atoms. The van der Waals surface area contributed by atoms with Gasteiger partial charge in [-0.15, -0.1) is 0 Å². The second-order valence-corrected chi connectivity index (χ2v) is 4.95. The van der Waals surface area contributed by atoms with Crippen molar-refractivity contribution in [3.05, 3.63) is 23.5 Å². The molecule has 1 aliphatic heterocycles. The molecule has 94 valence electrons. The Bertz CT molecular complexity index is 407. The van der Waals surface area contributed by atoms with Crippen molar-refractivity contribution in [2.75, 3.05) is 13.1 Å². The summed E-state index contributed by atoms with van der Waals surface area (Å²) in [6.07, 6.45) is 0. The molecule has 0 spiro atoms. The van der Waals surface area contributed by atoms with Gasteiger partial charge in [0.2, 0.25) is 5.91 Å². The lowest BCUT2D eigenvalue weighted by molar-refractivity contribution is -0.126. The summed E-state index contributed by atoms with van der Waals surface area (Å²) >= 11 is 0. The van der Waals surface area contributed by atoms with Crippen LogP contribution < -0.4 is 10.6 Å². The van der Waals surface area contributed by atoms with Crippen molar-refractivity contribution >= 4 is 5.91 Å². The van der Waals surface area contributed by atoms with Crippen LogP contribution in [0.25, 0.3) is 0 Å². The molecule has 2 N–H and O–H groups in total. The predicted octanol–water partition coefficient (Wildman–Crippen LogP) is 0.805. The van der Waals surface area contributed by atoms with Gasteiger partial charge in [0, 0.05) is 24.4 Å². The van der Waals surface area contributed by atoms with E-state index in [0.717, 1.165) is 18.8 Å². The number of aryl methyl sites for hydroxylation is 1. The highest BCUT2D eigenvalue weighted by molar-refractivity contribution is 5.78. The number of hydrogen-bond donors (Lipinski definition) is 2. The smallest absolute Gasteiger partial charge is 0.223 e. The van der Waals surface area contributed by atoms with Crippen LogP contribution in [0.3, 0.4) is 0 Å². The number of hydrogen-bond acceptors (Lipinski definition) is 2. The van der Waals surface area contributed by atoms with Crippen LogP contribution in [0.4, 0.5) is 0 Å². The van der Waals surface area contributed by atoms with Crippen LogP contribution in [0.5, 0.6) is 0 Å². The number of nitrogens with zero attached hydrogens (tertiary/aromatic N) is 1. The molecule has 4 nitrogen and oxygen atoms in total. The molecule has 0 radical (unpaired) electrons. The van der Waals surface area contributed by atoms with Crippen molar-refractivity contribution < 1.29 is 4.79 Å². The third-order valence-corrected chi connectivity index (χ3v) is 3.85. The van der Waals surface area contributed by atoms with Crippen LogP contribution in [0.2, 0.25) is 0 Å². The molecule has 1 unspecified atom stereocenters. The molecule has 4 heteroatoms. The van der Waals surface area contributed by atoms with E-state index in [-0.39, 0.29) is 11.8 Å². The fraction of sp³-hybridized carbons (Fsp3) is 0.615. The van der Waals surface area contributed by atoms with Crippen LogP contribution in [0.15, 0.2) is 12.1 Å². The third kappa shape index (κ3) is 2.52. The van der Waals surface area contributed by atoms with Gasteiger partial charge in [0.25, 0.3) is 0 Å². The Labute approximate surface area is 102 Å². The van der Waals surface area contributed by atoms with Crippen molar-refractivity contribution in [3.63, 3.8) is 0 Å². The molecule has 1 fully saturated rings. The Morgan fingerprint density at radius 3 is 2.76 bits per heavy atom. The molecule has 1 atom stereocenters. The summed E-state index contributed by atoms with van der Waals surface area (Å²) in [4.78, 5) is 11.9. The number of aromatic nitrogens is 1. The highest BCUT2D eigenvalue weighted by Crippen LogP contribution is 2.16. The monoisotopic (exact) mass is 235 g/mol. The van der Waals surface area contributed by atoms with Crippen LogP contribution in [0.1, 0.15) is 18.3 Å². The molecule has 0 aromatic carbocycles. The predicted molar refractivity (Wildman–Crippen MR) is 67.5 cm³/mol. The second kappa shape index (κ2) is 4.92. The molecule has 1 amide bonds. The maximum atomic E-state index is 11.9. The average molecular weight is 235 g/mol. The summed E-state index contributed by atoms with van der Waals surface area (Å²) in [6, 6.07) is 4.13. The molecule has 0 aliphatic carbocycles. The first-order chi connectivity index (χ1) is 8.09. The number of amides is 1. The molecule has 1 saturated heterocycles. The fourth-order valence-electron chi connectivity index (χ4n) is 2.06. The average Bonchev–Trinajstić information content (AvgIpc) is 2.54. The molecule has 1 aliphatic rings. The zero-order chi connectivity index (χ0) is 12.4. The van der Waals surface area contributed by atoms with E-state index in [1.807, 2.05) is 14.0 Å². The van der Waals surface area contributed by atoms with Crippen molar-refractivity contribution in [2.45, 2.75) is 20.4 Å². The standard InChI is InChI=1S/C13H21N3O/c1-9-4-5-12(16(9)3)8-15-13(17)10(2)11-6-14-7-11/h4-5,10-11,14H,6-8H2,1-3H3,(H,15,17). The first-order valence-corrected chi connectivity index (χ1v) is 6.19. The second-order valence-electron chi connectivity index (χ2n) is 4.95. The molecule has 1 aromatic heterocycles. The van der Waals surface area contributed by atoms with Crippen molar-refractivity contribution in [1.82, 2.24) is 15.2 Å². The molecule has 1 aromatic rings. The number of nitrogens with one attached hydrogen (secondary N) is 2. The lowest BCUT2D eigenvalue weighted by atomic mass is 9.88. The summed E-state index contributed by atoms with van der Waals surface area (Å²) in [5, 5.41) is 6.21. The van der Waals surface area contributed by atoms with Crippen LogP contribution in [-0.2, 0) is 18.4 Å². The Kier molecular flexibility index (Phi) is 3.52. The van der Waals surface area contributed by atoms with Gasteiger partial charge in [-0.05, 0) is 38.1 Å². The molecular weight excluding hydrogens is 214 g/mol. The largest absolute Gasteiger partial charge is 0.350 e. The minimum Gasteiger partial charge on any atom is -0.350 e. The van der Waals surface area contributed by atoms with E-state index in [1.165, 1.54) is 5.69 Å². The SMILES string of the molecule is Cc1ccc(CNC(=O)C(C)C2CNC2)n1C. The maximum Gasteiger partial charge on any atom is 0.223 e. The number of carbonyl (C=O) groups excluding carboxylic acids is 1. The van der Waals surface area contributed by atoms with E-state index >= 15 is 0 Å². The van der Waals surface area contributed by atoms with Gasteiger partial charge >= 0.3 is 0 Å². The van der Waals surface area contributed by atoms with Gasteiger partial charge < -0.3 is 15.2 Å². The van der Waals surface area contributed by atoms with E-state index in [1.54, 1.807) is 0 Å². The summed E-state index contributed by atoms with van der Waals surface area (Å²) < 4.78 is 2.11. The van der Waals surface area contributed by atoms with Crippen LogP contribution in [0, 0.1) is 18.8 Å². The summed E-state index contributed by atoms with van der Waals surface area (Å²) in [7, 11) is 2.02. The maximum absolute atomic E-state index is 11.9. The van der Waals surface area contributed by atoms with E-state index in [2.05, 4.69) is 34.3 Å². The van der Waals surface area contributed by atoms with Gasteiger partial charge in [0.1, 0.15) is 0 Å². The number of rotatable bonds is 4. The van der Waals surface area contributed by atoms with Crippen molar-refractivity contribution in [3.8, 4) is 0 Å². The zero-order valence-electron chi connectivity index (χ0n) is 10.8. The van der Waals surface area contributed by atoms with E-state index in [9.17, 15) is 4.79 Å². The van der Waals surface area contributed by atoms with Crippen molar-refractivity contribution in [1.29, 1.82) is 0 Å². The highest BCUT2D eigenvalue weighted by Gasteiger charge is 2.28. The molecule has 2 rings (SSSR count). The highest BCUT2D eigenvalue weighted by atomic mass is 16.1. The first kappa shape index (κ1) is 12.2. The quantitative estimate of drug-likeness (QED) is 0.811. The van der Waals surface area contributed by atoms with Crippen LogP contribution >= 0.6 is 0 Å². The minimum atomic E-state index is 0.109. The van der Waals surface area contributed by atoms with Gasteiger partial charge in [0.15, 0.2) is 0 Å². The molecule has 0 bridgehead atoms. The van der Waals surface area contributed by atoms with Crippen molar-refractivity contribution in [2.24, 2.45) is 18.9 Å². The van der Waals surface area contributed by atoms with E-state index < -0.39 is 0 Å². The Morgan fingerprint density at radius 2 is 2.29 bits per heavy atom. The zero-order valence-corrected chi connectivity index (χ0v) is 10.8. The summed E-state index contributed by atoms with van der Waals surface area (Å²) in [6.45, 7) is 6.63. The Morgan fingerprint density at radius 1 is 1.59 bits per heavy atom. The van der Waals surface area contributed by atoms with Crippen LogP contribution in [-0.4, -0.2) is 23.6 Å². The van der Waals surface area contributed by atoms with Gasteiger partial charge in [-0.1, -0.05) is 6.92 Å². The van der Waals surface area contributed by atoms with E-state index in [4.69, 9.17) is 0 Å². The fourth-order valence-corrected chi connectivity index (χ4v) is 2.06. The molecule has 0 saturated carbocycles. The lowest BCUT2D eigenvalue weighted by Crippen LogP contribution is -2.49. The summed E-state index contributed by atoms with van der Waals surface area (Å²) in [5.41, 5.74) is 2.36. The normalized spacial score (nSPS) is 17.6. The minimum absolute atomic E-state index is 0.109. The summed E-state index contributed by atoms with van der Waals surface area (Å²) in [5.74, 6) is 0.776. The van der Waals surface area contributed by atoms with Gasteiger partial charge in [-0.25, -0.2) is 0 Å². The Hall–Kier alpha value is -1.29. The van der Waals surface area contributed by atoms with E-state index in [0.29, 0.717) is 12.5 Å². The first-order valence-electron chi connectivity index (χ1n) is 6.19. The van der Waals surface area contributed by atoms with Gasteiger partial charge in [-0.2, -0.15) is 0 Å². The molecule has 2 heterocycles. The Balaban J connectivity index is 1.85. The van der Waals surface area contributed by atoms with Gasteiger partial charge in [0.05, 0.1) is 6.54 Å². The lowest BCUT2D eigenvalue weighted by Gasteiger charge is -2.31. The third-order valence-electron chi connectivity index (χ3n) is 3.85. The number of carbonyl (C=O) groups is 1. The van der Waals surface area contributed by atoms with Gasteiger partial charge in [-0.3, -0.25) is 4.79 Å². The topological polar surface area (TPSA) is 46.1 Å². The molecular formula is C13H21N3O.